The summed E-state index contributed by atoms with van der Waals surface area (Å²) >= 11 is 5.40. The Morgan fingerprint density at radius 2 is 1.83 bits per heavy atom. The third-order valence-electron chi connectivity index (χ3n) is 5.56. The van der Waals surface area contributed by atoms with Gasteiger partial charge in [-0.05, 0) is 68.0 Å². The fraction of sp³-hybridized carbons (Fsp3) is 0.304. The van der Waals surface area contributed by atoms with Crippen LogP contribution in [0.15, 0.2) is 60.8 Å². The summed E-state index contributed by atoms with van der Waals surface area (Å²) in [6.07, 6.45) is 4.04. The number of imidazole rings is 1. The minimum absolute atomic E-state index is 0.120. The fourth-order valence-electron chi connectivity index (χ4n) is 3.99. The van der Waals surface area contributed by atoms with Crippen molar-refractivity contribution in [2.75, 3.05) is 26.7 Å². The highest BCUT2D eigenvalue weighted by Crippen LogP contribution is 2.26. The van der Waals surface area contributed by atoms with Gasteiger partial charge in [0.15, 0.2) is 4.77 Å². The minimum atomic E-state index is -0.149. The molecule has 0 radical (unpaired) electrons. The maximum atomic E-state index is 13.1. The van der Waals surface area contributed by atoms with E-state index in [9.17, 15) is 4.79 Å². The zero-order valence-electron chi connectivity index (χ0n) is 17.0. The van der Waals surface area contributed by atoms with Crippen LogP contribution in [0.4, 0.5) is 0 Å². The quantitative estimate of drug-likeness (QED) is 0.563. The van der Waals surface area contributed by atoms with Crippen LogP contribution in [0.1, 0.15) is 34.9 Å². The van der Waals surface area contributed by atoms with Gasteiger partial charge in [0.25, 0.3) is 5.91 Å². The summed E-state index contributed by atoms with van der Waals surface area (Å²) < 4.78 is 7.55. The molecule has 30 heavy (non-hydrogen) atoms. The Morgan fingerprint density at radius 1 is 1.13 bits per heavy atom. The number of hydrogen-bond donors (Lipinski definition) is 2. The third kappa shape index (κ3) is 4.32. The lowest BCUT2D eigenvalue weighted by Crippen LogP contribution is -2.37. The molecule has 2 heterocycles. The van der Waals surface area contributed by atoms with Gasteiger partial charge in [0.05, 0.1) is 13.2 Å². The van der Waals surface area contributed by atoms with Crippen molar-refractivity contribution >= 4 is 18.1 Å². The number of aromatic amines is 1. The van der Waals surface area contributed by atoms with E-state index in [0.29, 0.717) is 17.0 Å². The number of carbonyl (C=O) groups is 1. The van der Waals surface area contributed by atoms with Gasteiger partial charge in [-0.1, -0.05) is 30.3 Å². The molecule has 1 unspecified atom stereocenters. The highest BCUT2D eigenvalue weighted by molar-refractivity contribution is 7.71. The number of aromatic nitrogens is 2. The first kappa shape index (κ1) is 20.4. The maximum absolute atomic E-state index is 13.1. The van der Waals surface area contributed by atoms with Crippen LogP contribution in [0.5, 0.6) is 5.75 Å². The molecule has 1 amide bonds. The van der Waals surface area contributed by atoms with Crippen molar-refractivity contribution < 1.29 is 9.53 Å². The largest absolute Gasteiger partial charge is 0.497 e. The Kier molecular flexibility index (Phi) is 6.30. The molecule has 7 heteroatoms. The van der Waals surface area contributed by atoms with Crippen LogP contribution < -0.4 is 10.1 Å². The Hall–Kier alpha value is -2.90. The summed E-state index contributed by atoms with van der Waals surface area (Å²) in [5, 5.41) is 3.13. The number of H-pyrrole nitrogens is 1. The lowest BCUT2D eigenvalue weighted by Gasteiger charge is -2.28. The molecule has 2 aromatic carbocycles. The monoisotopic (exact) mass is 422 g/mol. The zero-order chi connectivity index (χ0) is 20.9. The van der Waals surface area contributed by atoms with Crippen molar-refractivity contribution in [3.05, 3.63) is 76.8 Å². The van der Waals surface area contributed by atoms with Crippen LogP contribution in [0.3, 0.4) is 0 Å². The predicted molar refractivity (Wildman–Crippen MR) is 120 cm³/mol. The summed E-state index contributed by atoms with van der Waals surface area (Å²) in [5.74, 6) is 0.682. The van der Waals surface area contributed by atoms with Crippen LogP contribution in [0.25, 0.3) is 5.69 Å². The van der Waals surface area contributed by atoms with Gasteiger partial charge in [-0.25, -0.2) is 0 Å². The van der Waals surface area contributed by atoms with Crippen molar-refractivity contribution in [1.29, 1.82) is 0 Å². The Labute approximate surface area is 181 Å². The first-order chi connectivity index (χ1) is 14.7. The Bertz CT molecular complexity index is 1040. The first-order valence-corrected chi connectivity index (χ1v) is 10.6. The molecule has 0 aliphatic carbocycles. The standard InChI is InChI=1S/C23H26N4O2S/c1-29-19-11-9-17(10-12-19)20(26-13-5-6-14-26)15-24-22(28)21-16-25-23(30)27(21)18-7-3-2-4-8-18/h2-4,7-12,16,20H,5-6,13-15H2,1H3,(H,24,28)(H,25,30). The number of amides is 1. The molecule has 1 aliphatic heterocycles. The number of carbonyl (C=O) groups excluding carboxylic acids is 1. The predicted octanol–water partition coefficient (Wildman–Crippen LogP) is 4.11. The van der Waals surface area contributed by atoms with Gasteiger partial charge in [0.1, 0.15) is 11.4 Å². The normalized spacial score (nSPS) is 15.1. The van der Waals surface area contributed by atoms with Crippen molar-refractivity contribution in [3.8, 4) is 11.4 Å². The lowest BCUT2D eigenvalue weighted by molar-refractivity contribution is 0.0931. The van der Waals surface area contributed by atoms with Gasteiger partial charge in [0, 0.05) is 18.4 Å². The lowest BCUT2D eigenvalue weighted by atomic mass is 10.1. The molecule has 3 aromatic rings. The summed E-state index contributed by atoms with van der Waals surface area (Å²) in [7, 11) is 1.67. The van der Waals surface area contributed by atoms with Gasteiger partial charge >= 0.3 is 0 Å². The van der Waals surface area contributed by atoms with E-state index >= 15 is 0 Å². The highest BCUT2D eigenvalue weighted by Gasteiger charge is 2.25. The highest BCUT2D eigenvalue weighted by atomic mass is 32.1. The molecule has 1 atom stereocenters. The molecule has 1 aliphatic rings. The van der Waals surface area contributed by atoms with E-state index in [4.69, 9.17) is 17.0 Å². The molecule has 0 bridgehead atoms. The molecule has 6 nitrogen and oxygen atoms in total. The number of likely N-dealkylation sites (tertiary alicyclic amines) is 1. The fourth-order valence-corrected chi connectivity index (χ4v) is 4.25. The van der Waals surface area contributed by atoms with Gasteiger partial charge in [-0.15, -0.1) is 0 Å². The first-order valence-electron chi connectivity index (χ1n) is 10.2. The van der Waals surface area contributed by atoms with E-state index in [-0.39, 0.29) is 11.9 Å². The van der Waals surface area contributed by atoms with E-state index in [0.717, 1.165) is 24.5 Å². The molecular weight excluding hydrogens is 396 g/mol. The Balaban J connectivity index is 1.54. The molecular formula is C23H26N4O2S. The van der Waals surface area contributed by atoms with Gasteiger partial charge in [-0.3, -0.25) is 14.3 Å². The average molecular weight is 423 g/mol. The SMILES string of the molecule is COc1ccc(C(CNC(=O)c2c[nH]c(=S)n2-c2ccccc2)N2CCCC2)cc1. The minimum Gasteiger partial charge on any atom is -0.497 e. The Morgan fingerprint density at radius 3 is 2.50 bits per heavy atom. The van der Waals surface area contributed by atoms with E-state index in [1.54, 1.807) is 17.9 Å². The van der Waals surface area contributed by atoms with E-state index in [1.165, 1.54) is 18.4 Å². The molecule has 4 rings (SSSR count). The molecule has 156 valence electrons. The number of nitrogens with zero attached hydrogens (tertiary/aromatic N) is 2. The number of benzene rings is 2. The number of hydrogen-bond acceptors (Lipinski definition) is 4. The summed E-state index contributed by atoms with van der Waals surface area (Å²) in [6, 6.07) is 17.9. The zero-order valence-corrected chi connectivity index (χ0v) is 17.8. The maximum Gasteiger partial charge on any atom is 0.269 e. The number of nitrogens with one attached hydrogen (secondary N) is 2. The second kappa shape index (κ2) is 9.28. The van der Waals surface area contributed by atoms with Crippen molar-refractivity contribution in [1.82, 2.24) is 19.8 Å². The molecule has 2 N–H and O–H groups in total. The van der Waals surface area contributed by atoms with Crippen molar-refractivity contribution in [3.63, 3.8) is 0 Å². The smallest absolute Gasteiger partial charge is 0.269 e. The topological polar surface area (TPSA) is 62.3 Å². The molecule has 1 fully saturated rings. The van der Waals surface area contributed by atoms with Crippen molar-refractivity contribution in [2.45, 2.75) is 18.9 Å². The number of rotatable bonds is 7. The van der Waals surface area contributed by atoms with Crippen LogP contribution in [0.2, 0.25) is 0 Å². The molecule has 0 saturated carbocycles. The number of methoxy groups -OCH3 is 1. The molecule has 1 aromatic heterocycles. The second-order valence-corrected chi connectivity index (χ2v) is 7.78. The number of ether oxygens (including phenoxy) is 1. The molecule has 1 saturated heterocycles. The number of para-hydroxylation sites is 1. The van der Waals surface area contributed by atoms with Crippen LogP contribution in [-0.4, -0.2) is 47.1 Å². The van der Waals surface area contributed by atoms with Crippen molar-refractivity contribution in [2.24, 2.45) is 0 Å². The van der Waals surface area contributed by atoms with Crippen LogP contribution in [0, 0.1) is 4.77 Å². The van der Waals surface area contributed by atoms with Gasteiger partial charge < -0.3 is 15.0 Å². The third-order valence-corrected chi connectivity index (χ3v) is 5.86. The van der Waals surface area contributed by atoms with Gasteiger partial charge in [0.2, 0.25) is 0 Å². The van der Waals surface area contributed by atoms with E-state index in [2.05, 4.69) is 27.3 Å². The second-order valence-electron chi connectivity index (χ2n) is 7.39. The van der Waals surface area contributed by atoms with Crippen LogP contribution >= 0.6 is 12.2 Å². The average Bonchev–Trinajstić information content (AvgIpc) is 3.45. The molecule has 0 spiro atoms. The van der Waals surface area contributed by atoms with Gasteiger partial charge in [-0.2, -0.15) is 0 Å². The summed E-state index contributed by atoms with van der Waals surface area (Å²) in [4.78, 5) is 18.5. The van der Waals surface area contributed by atoms with E-state index < -0.39 is 0 Å². The van der Waals surface area contributed by atoms with E-state index in [1.807, 2.05) is 42.5 Å². The summed E-state index contributed by atoms with van der Waals surface area (Å²) in [5.41, 5.74) is 2.54. The van der Waals surface area contributed by atoms with Crippen LogP contribution in [-0.2, 0) is 0 Å². The summed E-state index contributed by atoms with van der Waals surface area (Å²) in [6.45, 7) is 2.60.